The lowest BCUT2D eigenvalue weighted by Crippen LogP contribution is -2.22. The molecule has 0 bridgehead atoms. The van der Waals surface area contributed by atoms with E-state index in [1.54, 1.807) is 19.9 Å². The van der Waals surface area contributed by atoms with Crippen LogP contribution in [0.25, 0.3) is 0 Å². The first kappa shape index (κ1) is 14.0. The molecule has 2 N–H and O–H groups in total. The van der Waals surface area contributed by atoms with Gasteiger partial charge in [0.1, 0.15) is 0 Å². The van der Waals surface area contributed by atoms with E-state index < -0.39 is 17.8 Å². The summed E-state index contributed by atoms with van der Waals surface area (Å²) in [4.78, 5) is 0. The molecule has 1 atom stereocenters. The Morgan fingerprint density at radius 1 is 1.24 bits per heavy atom. The summed E-state index contributed by atoms with van der Waals surface area (Å²) < 4.78 is 43.8. The lowest BCUT2D eigenvalue weighted by Gasteiger charge is -2.22. The van der Waals surface area contributed by atoms with Gasteiger partial charge in [-0.15, -0.1) is 0 Å². The first-order valence-corrected chi connectivity index (χ1v) is 5.38. The zero-order valence-electron chi connectivity index (χ0n) is 9.79. The molecule has 96 valence electrons. The Morgan fingerprint density at radius 3 is 2.29 bits per heavy atom. The Hall–Kier alpha value is -1.07. The fraction of sp³-hybridized carbons (Fsp3) is 0.500. The van der Waals surface area contributed by atoms with Gasteiger partial charge in [0.05, 0.1) is 17.8 Å². The Kier molecular flexibility index (Phi) is 4.54. The van der Waals surface area contributed by atoms with E-state index in [1.165, 1.54) is 12.1 Å². The molecular formula is C12H16F3NO. The number of benzene rings is 1. The summed E-state index contributed by atoms with van der Waals surface area (Å²) in [5, 5.41) is 0. The highest BCUT2D eigenvalue weighted by molar-refractivity contribution is 5.31. The van der Waals surface area contributed by atoms with Crippen molar-refractivity contribution in [3.63, 3.8) is 0 Å². The van der Waals surface area contributed by atoms with Gasteiger partial charge in [-0.05, 0) is 25.5 Å². The van der Waals surface area contributed by atoms with Crippen molar-refractivity contribution in [2.45, 2.75) is 32.2 Å². The van der Waals surface area contributed by atoms with Gasteiger partial charge in [0, 0.05) is 6.54 Å². The van der Waals surface area contributed by atoms with Gasteiger partial charge in [-0.3, -0.25) is 0 Å². The predicted octanol–water partition coefficient (Wildman–Crippen LogP) is 3.13. The van der Waals surface area contributed by atoms with Gasteiger partial charge in [0.25, 0.3) is 0 Å². The second-order valence-corrected chi connectivity index (χ2v) is 3.99. The average Bonchev–Trinajstić information content (AvgIpc) is 2.24. The zero-order valence-corrected chi connectivity index (χ0v) is 9.79. The summed E-state index contributed by atoms with van der Waals surface area (Å²) in [5.41, 5.74) is 4.88. The van der Waals surface area contributed by atoms with Crippen molar-refractivity contribution in [1.29, 1.82) is 0 Å². The molecule has 0 heterocycles. The highest BCUT2D eigenvalue weighted by Gasteiger charge is 2.35. The molecule has 1 aromatic carbocycles. The standard InChI is InChI=1S/C12H16F3NO/c1-8(2)17-11(7-16)9-5-3-4-6-10(9)12(13,14)15/h3-6,8,11H,7,16H2,1-2H3/t11-/m1/s1. The van der Waals surface area contributed by atoms with Crippen molar-refractivity contribution in [1.82, 2.24) is 0 Å². The molecule has 0 aliphatic heterocycles. The maximum absolute atomic E-state index is 12.8. The van der Waals surface area contributed by atoms with E-state index >= 15 is 0 Å². The summed E-state index contributed by atoms with van der Waals surface area (Å²) in [6.45, 7) is 3.54. The van der Waals surface area contributed by atoms with Crippen molar-refractivity contribution < 1.29 is 17.9 Å². The summed E-state index contributed by atoms with van der Waals surface area (Å²) in [7, 11) is 0. The molecule has 0 saturated carbocycles. The Balaban J connectivity index is 3.11. The third-order valence-corrected chi connectivity index (χ3v) is 2.26. The highest BCUT2D eigenvalue weighted by Crippen LogP contribution is 2.35. The number of alkyl halides is 3. The highest BCUT2D eigenvalue weighted by atomic mass is 19.4. The van der Waals surface area contributed by atoms with E-state index in [9.17, 15) is 13.2 Å². The third-order valence-electron chi connectivity index (χ3n) is 2.26. The van der Waals surface area contributed by atoms with Crippen molar-refractivity contribution in [2.75, 3.05) is 6.54 Å². The lowest BCUT2D eigenvalue weighted by molar-refractivity contribution is -0.139. The van der Waals surface area contributed by atoms with Gasteiger partial charge >= 0.3 is 6.18 Å². The van der Waals surface area contributed by atoms with E-state index in [0.717, 1.165) is 6.07 Å². The molecule has 0 fully saturated rings. The molecule has 0 saturated heterocycles. The Bertz CT molecular complexity index is 363. The molecule has 17 heavy (non-hydrogen) atoms. The van der Waals surface area contributed by atoms with Crippen LogP contribution >= 0.6 is 0 Å². The van der Waals surface area contributed by atoms with Gasteiger partial charge in [-0.2, -0.15) is 13.2 Å². The van der Waals surface area contributed by atoms with Gasteiger partial charge in [-0.25, -0.2) is 0 Å². The van der Waals surface area contributed by atoms with Crippen LogP contribution in [0.15, 0.2) is 24.3 Å². The predicted molar refractivity (Wildman–Crippen MR) is 59.5 cm³/mol. The number of nitrogens with two attached hydrogens (primary N) is 1. The van der Waals surface area contributed by atoms with Gasteiger partial charge < -0.3 is 10.5 Å². The van der Waals surface area contributed by atoms with E-state index in [4.69, 9.17) is 10.5 Å². The van der Waals surface area contributed by atoms with E-state index in [2.05, 4.69) is 0 Å². The van der Waals surface area contributed by atoms with Crippen LogP contribution in [0.5, 0.6) is 0 Å². The Morgan fingerprint density at radius 2 is 1.82 bits per heavy atom. The van der Waals surface area contributed by atoms with E-state index in [-0.39, 0.29) is 18.2 Å². The molecule has 1 rings (SSSR count). The molecule has 0 spiro atoms. The normalized spacial score (nSPS) is 14.1. The summed E-state index contributed by atoms with van der Waals surface area (Å²) in [6.07, 6.45) is -5.29. The molecule has 0 radical (unpaired) electrons. The average molecular weight is 247 g/mol. The molecule has 0 unspecified atom stereocenters. The van der Waals surface area contributed by atoms with Crippen LogP contribution < -0.4 is 5.73 Å². The van der Waals surface area contributed by atoms with Gasteiger partial charge in [0.15, 0.2) is 0 Å². The second-order valence-electron chi connectivity index (χ2n) is 3.99. The van der Waals surface area contributed by atoms with Crippen LogP contribution in [0.2, 0.25) is 0 Å². The van der Waals surface area contributed by atoms with E-state index in [1.807, 2.05) is 0 Å². The SMILES string of the molecule is CC(C)O[C@H](CN)c1ccccc1C(F)(F)F. The second kappa shape index (κ2) is 5.51. The Labute approximate surface area is 98.6 Å². The zero-order chi connectivity index (χ0) is 13.1. The fourth-order valence-electron chi connectivity index (χ4n) is 1.62. The minimum Gasteiger partial charge on any atom is -0.370 e. The van der Waals surface area contributed by atoms with Crippen LogP contribution in [-0.4, -0.2) is 12.6 Å². The van der Waals surface area contributed by atoms with Gasteiger partial charge in [0.2, 0.25) is 0 Å². The summed E-state index contributed by atoms with van der Waals surface area (Å²) in [6, 6.07) is 5.36. The summed E-state index contributed by atoms with van der Waals surface area (Å²) in [5.74, 6) is 0. The lowest BCUT2D eigenvalue weighted by atomic mass is 10.0. The molecule has 5 heteroatoms. The minimum absolute atomic E-state index is 0.0191. The molecule has 1 aromatic rings. The molecule has 0 aliphatic carbocycles. The molecular weight excluding hydrogens is 231 g/mol. The topological polar surface area (TPSA) is 35.2 Å². The van der Waals surface area contributed by atoms with Gasteiger partial charge in [-0.1, -0.05) is 18.2 Å². The van der Waals surface area contributed by atoms with Crippen molar-refractivity contribution in [3.05, 3.63) is 35.4 Å². The maximum atomic E-state index is 12.8. The third kappa shape index (κ3) is 3.71. The number of hydrogen-bond acceptors (Lipinski definition) is 2. The minimum atomic E-state index is -4.38. The number of halogens is 3. The van der Waals surface area contributed by atoms with E-state index in [0.29, 0.717) is 0 Å². The van der Waals surface area contributed by atoms with Crippen LogP contribution in [0.1, 0.15) is 31.1 Å². The van der Waals surface area contributed by atoms with Crippen LogP contribution in [0.4, 0.5) is 13.2 Å². The quantitative estimate of drug-likeness (QED) is 0.887. The first-order valence-electron chi connectivity index (χ1n) is 5.38. The smallest absolute Gasteiger partial charge is 0.370 e. The number of hydrogen-bond donors (Lipinski definition) is 1. The molecule has 0 aromatic heterocycles. The first-order chi connectivity index (χ1) is 7.86. The largest absolute Gasteiger partial charge is 0.416 e. The van der Waals surface area contributed by atoms with Crippen LogP contribution in [0, 0.1) is 0 Å². The molecule has 0 amide bonds. The number of ether oxygens (including phenoxy) is 1. The maximum Gasteiger partial charge on any atom is 0.416 e. The molecule has 0 aliphatic rings. The van der Waals surface area contributed by atoms with Crippen molar-refractivity contribution >= 4 is 0 Å². The van der Waals surface area contributed by atoms with Crippen LogP contribution in [-0.2, 0) is 10.9 Å². The number of rotatable bonds is 4. The monoisotopic (exact) mass is 247 g/mol. The van der Waals surface area contributed by atoms with Crippen molar-refractivity contribution in [3.8, 4) is 0 Å². The van der Waals surface area contributed by atoms with Crippen LogP contribution in [0.3, 0.4) is 0 Å². The van der Waals surface area contributed by atoms with Crippen molar-refractivity contribution in [2.24, 2.45) is 5.73 Å². The molecule has 2 nitrogen and oxygen atoms in total. The summed E-state index contributed by atoms with van der Waals surface area (Å²) >= 11 is 0. The fourth-order valence-corrected chi connectivity index (χ4v) is 1.62.